The Bertz CT molecular complexity index is 1120. The molecular formula is C19H19N7O2S. The topological polar surface area (TPSA) is 111 Å². The van der Waals surface area contributed by atoms with Crippen LogP contribution in [0.5, 0.6) is 0 Å². The maximum atomic E-state index is 12.2. The quantitative estimate of drug-likeness (QED) is 0.452. The van der Waals surface area contributed by atoms with E-state index in [0.717, 1.165) is 16.3 Å². The first kappa shape index (κ1) is 18.8. The van der Waals surface area contributed by atoms with Gasteiger partial charge in [0, 0.05) is 30.9 Å². The SMILES string of the molecule is Cc1cc(C)n(-c2cc(NCCNC(=O)c3cc(-c4cccs4)on3)ncn2)n1. The number of aryl methyl sites for hydroxylation is 2. The second-order valence-electron chi connectivity index (χ2n) is 6.34. The Morgan fingerprint density at radius 3 is 2.86 bits per heavy atom. The van der Waals surface area contributed by atoms with Crippen LogP contribution in [0.1, 0.15) is 21.9 Å². The second-order valence-corrected chi connectivity index (χ2v) is 7.28. The van der Waals surface area contributed by atoms with E-state index in [1.807, 2.05) is 43.5 Å². The average molecular weight is 409 g/mol. The normalized spacial score (nSPS) is 10.8. The number of carbonyl (C=O) groups is 1. The Labute approximate surface area is 170 Å². The van der Waals surface area contributed by atoms with E-state index in [-0.39, 0.29) is 11.6 Å². The summed E-state index contributed by atoms with van der Waals surface area (Å²) in [6.07, 6.45) is 1.48. The number of anilines is 1. The summed E-state index contributed by atoms with van der Waals surface area (Å²) in [4.78, 5) is 21.6. The summed E-state index contributed by atoms with van der Waals surface area (Å²) in [5.74, 6) is 1.63. The molecule has 0 saturated carbocycles. The smallest absolute Gasteiger partial charge is 0.273 e. The van der Waals surface area contributed by atoms with Gasteiger partial charge in [0.2, 0.25) is 0 Å². The van der Waals surface area contributed by atoms with Crippen molar-refractivity contribution in [3.63, 3.8) is 0 Å². The minimum Gasteiger partial charge on any atom is -0.368 e. The van der Waals surface area contributed by atoms with Crippen LogP contribution < -0.4 is 10.6 Å². The largest absolute Gasteiger partial charge is 0.368 e. The highest BCUT2D eigenvalue weighted by molar-refractivity contribution is 7.13. The maximum absolute atomic E-state index is 12.2. The Morgan fingerprint density at radius 2 is 2.10 bits per heavy atom. The lowest BCUT2D eigenvalue weighted by molar-refractivity contribution is 0.0946. The summed E-state index contributed by atoms with van der Waals surface area (Å²) in [5, 5.41) is 16.2. The first-order valence-electron chi connectivity index (χ1n) is 8.98. The van der Waals surface area contributed by atoms with Gasteiger partial charge in [0.25, 0.3) is 5.91 Å². The van der Waals surface area contributed by atoms with Crippen molar-refractivity contribution in [2.75, 3.05) is 18.4 Å². The third-order valence-electron chi connectivity index (χ3n) is 4.10. The van der Waals surface area contributed by atoms with Gasteiger partial charge >= 0.3 is 0 Å². The minimum atomic E-state index is -0.288. The molecule has 4 aromatic rings. The Morgan fingerprint density at radius 1 is 1.21 bits per heavy atom. The van der Waals surface area contributed by atoms with Crippen LogP contribution in [0.3, 0.4) is 0 Å². The number of aromatic nitrogens is 5. The molecule has 29 heavy (non-hydrogen) atoms. The molecule has 1 amide bonds. The summed E-state index contributed by atoms with van der Waals surface area (Å²) >= 11 is 1.53. The van der Waals surface area contributed by atoms with Gasteiger partial charge in [0.15, 0.2) is 17.3 Å². The highest BCUT2D eigenvalue weighted by Gasteiger charge is 2.13. The van der Waals surface area contributed by atoms with Crippen molar-refractivity contribution in [3.05, 3.63) is 59.1 Å². The molecule has 10 heteroatoms. The lowest BCUT2D eigenvalue weighted by Crippen LogP contribution is -2.29. The lowest BCUT2D eigenvalue weighted by Gasteiger charge is -2.08. The Hall–Kier alpha value is -3.53. The van der Waals surface area contributed by atoms with E-state index in [2.05, 4.69) is 30.9 Å². The fourth-order valence-corrected chi connectivity index (χ4v) is 3.47. The van der Waals surface area contributed by atoms with E-state index in [4.69, 9.17) is 4.52 Å². The van der Waals surface area contributed by atoms with Crippen molar-refractivity contribution in [3.8, 4) is 16.5 Å². The third-order valence-corrected chi connectivity index (χ3v) is 4.99. The van der Waals surface area contributed by atoms with Gasteiger partial charge in [-0.15, -0.1) is 11.3 Å². The van der Waals surface area contributed by atoms with Crippen LogP contribution in [0.15, 0.2) is 46.6 Å². The molecule has 4 heterocycles. The summed E-state index contributed by atoms with van der Waals surface area (Å²) in [5.41, 5.74) is 2.17. The first-order valence-corrected chi connectivity index (χ1v) is 9.86. The molecule has 4 rings (SSSR count). The van der Waals surface area contributed by atoms with Crippen molar-refractivity contribution in [1.82, 2.24) is 30.2 Å². The van der Waals surface area contributed by atoms with Crippen molar-refractivity contribution in [1.29, 1.82) is 0 Å². The molecule has 2 N–H and O–H groups in total. The van der Waals surface area contributed by atoms with Crippen LogP contribution in [-0.2, 0) is 0 Å². The van der Waals surface area contributed by atoms with Crippen LogP contribution in [0.25, 0.3) is 16.5 Å². The third kappa shape index (κ3) is 4.32. The number of nitrogens with one attached hydrogen (secondary N) is 2. The Kier molecular flexibility index (Phi) is 5.34. The number of rotatable bonds is 7. The van der Waals surface area contributed by atoms with Gasteiger partial charge < -0.3 is 15.2 Å². The second kappa shape index (κ2) is 8.23. The number of nitrogens with zero attached hydrogens (tertiary/aromatic N) is 5. The van der Waals surface area contributed by atoms with Crippen LogP contribution in [0.4, 0.5) is 5.82 Å². The summed E-state index contributed by atoms with van der Waals surface area (Å²) in [6.45, 7) is 4.80. The lowest BCUT2D eigenvalue weighted by atomic mass is 10.3. The molecule has 0 radical (unpaired) electrons. The van der Waals surface area contributed by atoms with Crippen molar-refractivity contribution >= 4 is 23.1 Å². The maximum Gasteiger partial charge on any atom is 0.273 e. The van der Waals surface area contributed by atoms with E-state index >= 15 is 0 Å². The van der Waals surface area contributed by atoms with Gasteiger partial charge in [0.1, 0.15) is 12.1 Å². The van der Waals surface area contributed by atoms with Crippen molar-refractivity contribution in [2.24, 2.45) is 0 Å². The molecular weight excluding hydrogens is 390 g/mol. The molecule has 0 saturated heterocycles. The zero-order valence-electron chi connectivity index (χ0n) is 15.9. The average Bonchev–Trinajstić information content (AvgIpc) is 3.46. The molecule has 0 bridgehead atoms. The van der Waals surface area contributed by atoms with Crippen LogP contribution >= 0.6 is 11.3 Å². The van der Waals surface area contributed by atoms with Gasteiger partial charge in [-0.05, 0) is 31.4 Å². The number of thiophene rings is 1. The van der Waals surface area contributed by atoms with Gasteiger partial charge in [0.05, 0.1) is 10.6 Å². The van der Waals surface area contributed by atoms with Gasteiger partial charge in [-0.1, -0.05) is 11.2 Å². The van der Waals surface area contributed by atoms with E-state index in [1.54, 1.807) is 10.7 Å². The van der Waals surface area contributed by atoms with Crippen LogP contribution in [0, 0.1) is 13.8 Å². The molecule has 0 fully saturated rings. The molecule has 0 aliphatic rings. The standard InChI is InChI=1S/C19H19N7O2S/c1-12-8-13(2)26(24-12)18-10-17(22-11-23-18)20-5-6-21-19(27)14-9-15(28-25-14)16-4-3-7-29-16/h3-4,7-11H,5-6H2,1-2H3,(H,21,27)(H,20,22,23). The molecule has 0 aliphatic heterocycles. The van der Waals surface area contributed by atoms with Crippen LogP contribution in [-0.4, -0.2) is 43.9 Å². The number of amides is 1. The highest BCUT2D eigenvalue weighted by Crippen LogP contribution is 2.25. The van der Waals surface area contributed by atoms with E-state index in [0.29, 0.717) is 30.5 Å². The predicted molar refractivity (Wildman–Crippen MR) is 109 cm³/mol. The molecule has 9 nitrogen and oxygen atoms in total. The fraction of sp³-hybridized carbons (Fsp3) is 0.211. The number of hydrogen-bond donors (Lipinski definition) is 2. The predicted octanol–water partition coefficient (Wildman–Crippen LogP) is 2.84. The summed E-state index contributed by atoms with van der Waals surface area (Å²) < 4.78 is 6.99. The zero-order valence-corrected chi connectivity index (χ0v) is 16.7. The van der Waals surface area contributed by atoms with Crippen molar-refractivity contribution in [2.45, 2.75) is 13.8 Å². The zero-order chi connectivity index (χ0) is 20.2. The number of hydrogen-bond acceptors (Lipinski definition) is 8. The molecule has 0 atom stereocenters. The molecule has 0 spiro atoms. The van der Waals surface area contributed by atoms with Gasteiger partial charge in [-0.25, -0.2) is 14.6 Å². The molecule has 0 aromatic carbocycles. The Balaban J connectivity index is 1.30. The van der Waals surface area contributed by atoms with E-state index in [1.165, 1.54) is 17.7 Å². The summed E-state index contributed by atoms with van der Waals surface area (Å²) in [7, 11) is 0. The van der Waals surface area contributed by atoms with Crippen LogP contribution in [0.2, 0.25) is 0 Å². The molecule has 148 valence electrons. The van der Waals surface area contributed by atoms with Gasteiger partial charge in [-0.3, -0.25) is 4.79 Å². The minimum absolute atomic E-state index is 0.252. The first-order chi connectivity index (χ1) is 14.1. The molecule has 0 aliphatic carbocycles. The highest BCUT2D eigenvalue weighted by atomic mass is 32.1. The molecule has 4 aromatic heterocycles. The van der Waals surface area contributed by atoms with E-state index in [9.17, 15) is 4.79 Å². The van der Waals surface area contributed by atoms with Crippen molar-refractivity contribution < 1.29 is 9.32 Å². The van der Waals surface area contributed by atoms with E-state index < -0.39 is 0 Å². The molecule has 0 unspecified atom stereocenters. The summed E-state index contributed by atoms with van der Waals surface area (Å²) in [6, 6.07) is 9.27. The fourth-order valence-electron chi connectivity index (χ4n) is 2.79. The monoisotopic (exact) mass is 409 g/mol. The van der Waals surface area contributed by atoms with Gasteiger partial charge in [-0.2, -0.15) is 5.10 Å². The number of carbonyl (C=O) groups excluding carboxylic acids is 1.